The van der Waals surface area contributed by atoms with Crippen molar-refractivity contribution in [3.63, 3.8) is 0 Å². The number of alkyl halides is 6. The zero-order valence-electron chi connectivity index (χ0n) is 14.2. The largest absolute Gasteiger partial charge is 0.478 e. The molecule has 0 aliphatic rings. The smallest absolute Gasteiger partial charge is 0.417 e. The molecule has 12 heteroatoms. The van der Waals surface area contributed by atoms with Crippen LogP contribution in [0, 0.1) is 0 Å². The Hall–Kier alpha value is -1.97. The average molecular weight is 496 g/mol. The number of halogens is 10. The van der Waals surface area contributed by atoms with Crippen molar-refractivity contribution in [2.75, 3.05) is 0 Å². The number of allylic oxidation sites excluding steroid dienone is 1. The molecule has 0 aliphatic carbocycles. The van der Waals surface area contributed by atoms with Gasteiger partial charge in [0.15, 0.2) is 0 Å². The van der Waals surface area contributed by atoms with Crippen molar-refractivity contribution in [3.8, 4) is 0 Å². The van der Waals surface area contributed by atoms with Crippen LogP contribution in [0.3, 0.4) is 0 Å². The molecule has 0 spiro atoms. The van der Waals surface area contributed by atoms with Crippen LogP contribution < -0.4 is 0 Å². The number of carboxylic acids is 1. The fraction of sp³-hybridized carbons (Fsp3) is 0.167. The molecule has 0 saturated carbocycles. The van der Waals surface area contributed by atoms with E-state index in [1.807, 2.05) is 0 Å². The van der Waals surface area contributed by atoms with Crippen LogP contribution in [0.4, 0.5) is 30.7 Å². The summed E-state index contributed by atoms with van der Waals surface area (Å²) in [5.74, 6) is -6.22. The zero-order valence-corrected chi connectivity index (χ0v) is 16.4. The third kappa shape index (κ3) is 5.39. The first-order valence-electron chi connectivity index (χ1n) is 7.66. The fourth-order valence-electron chi connectivity index (χ4n) is 2.49. The van der Waals surface area contributed by atoms with Gasteiger partial charge in [0.2, 0.25) is 0 Å². The van der Waals surface area contributed by atoms with E-state index in [1.165, 1.54) is 0 Å². The molecule has 1 unspecified atom stereocenters. The van der Waals surface area contributed by atoms with Crippen LogP contribution in [-0.2, 0) is 6.18 Å². The molecule has 162 valence electrons. The van der Waals surface area contributed by atoms with Crippen LogP contribution >= 0.6 is 34.8 Å². The minimum Gasteiger partial charge on any atom is -0.478 e. The van der Waals surface area contributed by atoms with Gasteiger partial charge in [-0.2, -0.15) is 26.3 Å². The maximum atomic E-state index is 14.5. The molecule has 2 aromatic rings. The standard InChI is InChI=1S/C18H8Cl3F7O2/c19-12-4-8(5-13(20)15(12)21)10(17(23,24)25)6-14(22)7-1-2-9(16(29)30)11(3-7)18(26,27)28/h1-6,10H,(H,29,30)/b14-6-. The minimum absolute atomic E-state index is 0.0336. The molecule has 0 saturated heterocycles. The van der Waals surface area contributed by atoms with Crippen molar-refractivity contribution >= 4 is 46.6 Å². The van der Waals surface area contributed by atoms with Gasteiger partial charge >= 0.3 is 18.3 Å². The summed E-state index contributed by atoms with van der Waals surface area (Å²) in [7, 11) is 0. The molecule has 2 rings (SSSR count). The minimum atomic E-state index is -5.18. The van der Waals surface area contributed by atoms with E-state index in [-0.39, 0.29) is 27.2 Å². The van der Waals surface area contributed by atoms with E-state index in [4.69, 9.17) is 39.9 Å². The van der Waals surface area contributed by atoms with E-state index in [1.54, 1.807) is 0 Å². The number of rotatable bonds is 4. The normalized spacial score (nSPS) is 14.0. The number of carboxylic acid groups (broad SMARTS) is 1. The molecule has 1 N–H and O–H groups in total. The van der Waals surface area contributed by atoms with Crippen LogP contribution in [0.5, 0.6) is 0 Å². The van der Waals surface area contributed by atoms with E-state index in [0.717, 1.165) is 12.1 Å². The summed E-state index contributed by atoms with van der Waals surface area (Å²) < 4.78 is 94.2. The van der Waals surface area contributed by atoms with Gasteiger partial charge in [0, 0.05) is 5.56 Å². The highest BCUT2D eigenvalue weighted by Gasteiger charge is 2.41. The summed E-state index contributed by atoms with van der Waals surface area (Å²) >= 11 is 17.1. The second-order valence-corrected chi connectivity index (χ2v) is 7.09. The Morgan fingerprint density at radius 3 is 1.93 bits per heavy atom. The Morgan fingerprint density at radius 2 is 1.50 bits per heavy atom. The van der Waals surface area contributed by atoms with E-state index in [9.17, 15) is 35.5 Å². The summed E-state index contributed by atoms with van der Waals surface area (Å²) in [6.45, 7) is 0. The van der Waals surface area contributed by atoms with E-state index >= 15 is 0 Å². The summed E-state index contributed by atoms with van der Waals surface area (Å²) in [5.41, 5.74) is -4.39. The number of carbonyl (C=O) groups is 1. The lowest BCUT2D eigenvalue weighted by Crippen LogP contribution is -2.19. The summed E-state index contributed by atoms with van der Waals surface area (Å²) in [5, 5.41) is 7.93. The van der Waals surface area contributed by atoms with Gasteiger partial charge in [0.05, 0.1) is 26.2 Å². The molecular weight excluding hydrogens is 488 g/mol. The third-order valence-electron chi connectivity index (χ3n) is 3.86. The Kier molecular flexibility index (Phi) is 7.00. The maximum Gasteiger partial charge on any atom is 0.417 e. The van der Waals surface area contributed by atoms with Gasteiger partial charge in [-0.3, -0.25) is 0 Å². The lowest BCUT2D eigenvalue weighted by Gasteiger charge is -2.19. The molecule has 0 aliphatic heterocycles. The van der Waals surface area contributed by atoms with Gasteiger partial charge in [-0.25, -0.2) is 9.18 Å². The third-order valence-corrected chi connectivity index (χ3v) is 5.06. The molecule has 2 nitrogen and oxygen atoms in total. The van der Waals surface area contributed by atoms with Crippen molar-refractivity contribution in [3.05, 3.63) is 73.7 Å². The molecule has 1 atom stereocenters. The topological polar surface area (TPSA) is 37.3 Å². The predicted molar refractivity (Wildman–Crippen MR) is 97.8 cm³/mol. The van der Waals surface area contributed by atoms with Crippen molar-refractivity contribution in [1.82, 2.24) is 0 Å². The van der Waals surface area contributed by atoms with Crippen LogP contribution in [0.2, 0.25) is 15.1 Å². The highest BCUT2D eigenvalue weighted by Crippen LogP contribution is 2.42. The quantitative estimate of drug-likeness (QED) is 0.344. The second kappa shape index (κ2) is 8.64. The summed E-state index contributed by atoms with van der Waals surface area (Å²) in [6, 6.07) is 2.79. The SMILES string of the molecule is O=C(O)c1ccc(/C(F)=C/C(c2cc(Cl)c(Cl)c(Cl)c2)C(F)(F)F)cc1C(F)(F)F. The highest BCUT2D eigenvalue weighted by molar-refractivity contribution is 6.48. The van der Waals surface area contributed by atoms with Gasteiger partial charge in [0.1, 0.15) is 11.7 Å². The van der Waals surface area contributed by atoms with Crippen molar-refractivity contribution < 1.29 is 40.6 Å². The Labute approximate surface area is 179 Å². The first kappa shape index (κ1) is 24.3. The molecule has 0 fully saturated rings. The Morgan fingerprint density at radius 1 is 0.967 bits per heavy atom. The molecule has 0 radical (unpaired) electrons. The molecule has 0 heterocycles. The van der Waals surface area contributed by atoms with Gasteiger partial charge in [-0.1, -0.05) is 40.9 Å². The van der Waals surface area contributed by atoms with Gasteiger partial charge in [-0.05, 0) is 35.9 Å². The van der Waals surface area contributed by atoms with Crippen LogP contribution in [-0.4, -0.2) is 17.3 Å². The molecule has 0 amide bonds. The van der Waals surface area contributed by atoms with Crippen LogP contribution in [0.1, 0.15) is 33.0 Å². The van der Waals surface area contributed by atoms with Gasteiger partial charge in [0.25, 0.3) is 0 Å². The van der Waals surface area contributed by atoms with Crippen molar-refractivity contribution in [2.24, 2.45) is 0 Å². The molecule has 2 aromatic carbocycles. The highest BCUT2D eigenvalue weighted by atomic mass is 35.5. The number of aromatic carboxylic acids is 1. The molecule has 0 aromatic heterocycles. The molecule has 0 bridgehead atoms. The Bertz CT molecular complexity index is 991. The van der Waals surface area contributed by atoms with E-state index in [0.29, 0.717) is 12.1 Å². The second-order valence-electron chi connectivity index (χ2n) is 5.90. The first-order chi connectivity index (χ1) is 13.6. The maximum absolute atomic E-state index is 14.5. The molecular formula is C18H8Cl3F7O2. The van der Waals surface area contributed by atoms with E-state index < -0.39 is 52.3 Å². The van der Waals surface area contributed by atoms with Crippen molar-refractivity contribution in [2.45, 2.75) is 18.3 Å². The van der Waals surface area contributed by atoms with Crippen LogP contribution in [0.25, 0.3) is 5.83 Å². The zero-order chi connectivity index (χ0) is 23.0. The predicted octanol–water partition coefficient (Wildman–Crippen LogP) is 8.02. The molecule has 30 heavy (non-hydrogen) atoms. The van der Waals surface area contributed by atoms with Gasteiger partial charge in [-0.15, -0.1) is 0 Å². The van der Waals surface area contributed by atoms with Gasteiger partial charge < -0.3 is 5.11 Å². The first-order valence-corrected chi connectivity index (χ1v) is 8.79. The van der Waals surface area contributed by atoms with E-state index in [2.05, 4.69) is 0 Å². The van der Waals surface area contributed by atoms with Crippen LogP contribution in [0.15, 0.2) is 36.4 Å². The average Bonchev–Trinajstić information content (AvgIpc) is 2.61. The van der Waals surface area contributed by atoms with Crippen molar-refractivity contribution in [1.29, 1.82) is 0 Å². The number of hydrogen-bond acceptors (Lipinski definition) is 1. The summed E-state index contributed by atoms with van der Waals surface area (Å²) in [6.07, 6.45) is -10.2. The number of benzene rings is 2. The Balaban J connectivity index is 2.62. The number of hydrogen-bond donors (Lipinski definition) is 1. The summed E-state index contributed by atoms with van der Waals surface area (Å²) in [4.78, 5) is 10.9. The lowest BCUT2D eigenvalue weighted by molar-refractivity contribution is -0.140. The lowest BCUT2D eigenvalue weighted by atomic mass is 9.95. The monoisotopic (exact) mass is 494 g/mol. The fourth-order valence-corrected chi connectivity index (χ4v) is 3.10.